The number of hydrogen-bond donors (Lipinski definition) is 0. The van der Waals surface area contributed by atoms with Crippen molar-refractivity contribution in [1.29, 1.82) is 0 Å². The van der Waals surface area contributed by atoms with E-state index in [0.717, 1.165) is 0 Å². The molecule has 0 saturated carbocycles. The highest BCUT2D eigenvalue weighted by Crippen LogP contribution is 1.98. The van der Waals surface area contributed by atoms with Crippen molar-refractivity contribution >= 4 is 0 Å². The minimum Gasteiger partial charge on any atom is -0.345 e. The summed E-state index contributed by atoms with van der Waals surface area (Å²) in [5, 5.41) is 0. The lowest BCUT2D eigenvalue weighted by Crippen LogP contribution is -2.00. The molecule has 1 heterocycles. The Morgan fingerprint density at radius 2 is 2.25 bits per heavy atom. The van der Waals surface area contributed by atoms with Gasteiger partial charge in [-0.05, 0) is 13.0 Å². The molecule has 0 amide bonds. The molecule has 0 bridgehead atoms. The molecule has 0 aliphatic carbocycles. The standard InChI is InChI=1S/C6H8O2/c1-6-4-2-3-5-7-8-6/h2-6H,1H3. The zero-order valence-electron chi connectivity index (χ0n) is 4.70. The fraction of sp³-hybridized carbons (Fsp3) is 0.333. The SMILES string of the molecule is CC1C=CC=COO1. The molecule has 1 aliphatic rings. The Hall–Kier alpha value is -0.760. The van der Waals surface area contributed by atoms with Crippen LogP contribution in [0.2, 0.25) is 0 Å². The molecule has 8 heavy (non-hydrogen) atoms. The maximum Gasteiger partial charge on any atom is 0.129 e. The summed E-state index contributed by atoms with van der Waals surface area (Å²) in [5.41, 5.74) is 0. The second-order valence-electron chi connectivity index (χ2n) is 1.61. The Balaban J connectivity index is 2.46. The van der Waals surface area contributed by atoms with Gasteiger partial charge < -0.3 is 4.89 Å². The van der Waals surface area contributed by atoms with Crippen molar-refractivity contribution in [2.24, 2.45) is 0 Å². The van der Waals surface area contributed by atoms with E-state index in [0.29, 0.717) is 0 Å². The van der Waals surface area contributed by atoms with E-state index < -0.39 is 0 Å². The molecular formula is C6H8O2. The summed E-state index contributed by atoms with van der Waals surface area (Å²) in [5.74, 6) is 0. The molecule has 2 heteroatoms. The van der Waals surface area contributed by atoms with Gasteiger partial charge in [0.15, 0.2) is 0 Å². The van der Waals surface area contributed by atoms with E-state index in [4.69, 9.17) is 4.89 Å². The normalized spacial score (nSPS) is 26.9. The minimum absolute atomic E-state index is 0.0602. The van der Waals surface area contributed by atoms with Crippen LogP contribution in [0.3, 0.4) is 0 Å². The summed E-state index contributed by atoms with van der Waals surface area (Å²) in [7, 11) is 0. The third-order valence-corrected chi connectivity index (χ3v) is 0.835. The Bertz CT molecular complexity index is 116. The minimum atomic E-state index is 0.0602. The molecule has 1 unspecified atom stereocenters. The number of rotatable bonds is 0. The van der Waals surface area contributed by atoms with E-state index in [9.17, 15) is 0 Å². The lowest BCUT2D eigenvalue weighted by molar-refractivity contribution is -0.265. The van der Waals surface area contributed by atoms with Crippen LogP contribution >= 0.6 is 0 Å². The summed E-state index contributed by atoms with van der Waals surface area (Å²) in [4.78, 5) is 9.29. The van der Waals surface area contributed by atoms with Gasteiger partial charge in [-0.25, -0.2) is 0 Å². The molecule has 1 atom stereocenters. The molecule has 2 nitrogen and oxygen atoms in total. The van der Waals surface area contributed by atoms with Gasteiger partial charge in [-0.15, -0.1) is 0 Å². The zero-order valence-corrected chi connectivity index (χ0v) is 4.70. The molecular weight excluding hydrogens is 104 g/mol. The molecule has 0 fully saturated rings. The number of hydrogen-bond acceptors (Lipinski definition) is 2. The van der Waals surface area contributed by atoms with Crippen LogP contribution in [0, 0.1) is 0 Å². The van der Waals surface area contributed by atoms with E-state index >= 15 is 0 Å². The molecule has 44 valence electrons. The highest BCUT2D eigenvalue weighted by Gasteiger charge is 1.96. The third kappa shape index (κ3) is 1.39. The molecule has 0 aromatic heterocycles. The predicted molar refractivity (Wildman–Crippen MR) is 29.9 cm³/mol. The first kappa shape index (κ1) is 5.38. The van der Waals surface area contributed by atoms with Gasteiger partial charge in [0.25, 0.3) is 0 Å². The Kier molecular flexibility index (Phi) is 1.70. The topological polar surface area (TPSA) is 18.5 Å². The van der Waals surface area contributed by atoms with Gasteiger partial charge in [-0.2, -0.15) is 4.89 Å². The van der Waals surface area contributed by atoms with Gasteiger partial charge in [-0.3, -0.25) is 0 Å². The van der Waals surface area contributed by atoms with Crippen LogP contribution in [-0.4, -0.2) is 6.10 Å². The van der Waals surface area contributed by atoms with Gasteiger partial charge in [0, 0.05) is 0 Å². The average Bonchev–Trinajstić information content (AvgIpc) is 1.94. The van der Waals surface area contributed by atoms with Crippen LogP contribution < -0.4 is 0 Å². The van der Waals surface area contributed by atoms with E-state index in [1.807, 2.05) is 19.1 Å². The molecule has 0 saturated heterocycles. The third-order valence-electron chi connectivity index (χ3n) is 0.835. The monoisotopic (exact) mass is 112 g/mol. The summed E-state index contributed by atoms with van der Waals surface area (Å²) < 4.78 is 0. The summed E-state index contributed by atoms with van der Waals surface area (Å²) in [6.45, 7) is 1.91. The van der Waals surface area contributed by atoms with Gasteiger partial charge in [0.1, 0.15) is 12.4 Å². The lowest BCUT2D eigenvalue weighted by Gasteiger charge is -2.00. The summed E-state index contributed by atoms with van der Waals surface area (Å²) in [6, 6.07) is 0. The smallest absolute Gasteiger partial charge is 0.129 e. The van der Waals surface area contributed by atoms with Crippen molar-refractivity contribution in [2.45, 2.75) is 13.0 Å². The molecule has 0 aromatic rings. The van der Waals surface area contributed by atoms with Crippen LogP contribution in [0.4, 0.5) is 0 Å². The Labute approximate surface area is 48.3 Å². The van der Waals surface area contributed by atoms with Crippen LogP contribution in [0.15, 0.2) is 24.5 Å². The van der Waals surface area contributed by atoms with E-state index in [1.165, 1.54) is 6.26 Å². The highest BCUT2D eigenvalue weighted by molar-refractivity contribution is 5.02. The Morgan fingerprint density at radius 1 is 1.38 bits per heavy atom. The van der Waals surface area contributed by atoms with Gasteiger partial charge >= 0.3 is 0 Å². The summed E-state index contributed by atoms with van der Waals surface area (Å²) >= 11 is 0. The highest BCUT2D eigenvalue weighted by atomic mass is 17.2. The van der Waals surface area contributed by atoms with Crippen molar-refractivity contribution in [3.05, 3.63) is 24.5 Å². The fourth-order valence-corrected chi connectivity index (χ4v) is 0.450. The van der Waals surface area contributed by atoms with Crippen molar-refractivity contribution in [1.82, 2.24) is 0 Å². The van der Waals surface area contributed by atoms with Crippen molar-refractivity contribution < 1.29 is 9.78 Å². The molecule has 0 spiro atoms. The first-order chi connectivity index (χ1) is 3.89. The van der Waals surface area contributed by atoms with E-state index in [-0.39, 0.29) is 6.10 Å². The molecule has 1 rings (SSSR count). The largest absolute Gasteiger partial charge is 0.345 e. The van der Waals surface area contributed by atoms with Crippen molar-refractivity contribution in [3.63, 3.8) is 0 Å². The fourth-order valence-electron chi connectivity index (χ4n) is 0.450. The molecule has 0 radical (unpaired) electrons. The van der Waals surface area contributed by atoms with Gasteiger partial charge in [0.05, 0.1) is 0 Å². The van der Waals surface area contributed by atoms with Crippen molar-refractivity contribution in [3.8, 4) is 0 Å². The summed E-state index contributed by atoms with van der Waals surface area (Å²) in [6.07, 6.45) is 7.13. The molecule has 0 N–H and O–H groups in total. The quantitative estimate of drug-likeness (QED) is 0.441. The Morgan fingerprint density at radius 3 is 3.12 bits per heavy atom. The maximum absolute atomic E-state index is 4.73. The van der Waals surface area contributed by atoms with Gasteiger partial charge in [-0.1, -0.05) is 12.2 Å². The van der Waals surface area contributed by atoms with E-state index in [2.05, 4.69) is 4.89 Å². The lowest BCUT2D eigenvalue weighted by atomic mass is 10.3. The predicted octanol–water partition coefficient (Wildman–Crippen LogP) is 1.41. The molecule has 0 aromatic carbocycles. The zero-order chi connectivity index (χ0) is 5.82. The first-order valence-electron chi connectivity index (χ1n) is 2.55. The second kappa shape index (κ2) is 2.52. The second-order valence-corrected chi connectivity index (χ2v) is 1.61. The maximum atomic E-state index is 4.73. The van der Waals surface area contributed by atoms with Crippen molar-refractivity contribution in [2.75, 3.05) is 0 Å². The van der Waals surface area contributed by atoms with Gasteiger partial charge in [0.2, 0.25) is 0 Å². The average molecular weight is 112 g/mol. The van der Waals surface area contributed by atoms with Crippen LogP contribution in [-0.2, 0) is 9.78 Å². The van der Waals surface area contributed by atoms with Crippen LogP contribution in [0.5, 0.6) is 0 Å². The first-order valence-corrected chi connectivity index (χ1v) is 2.55. The molecule has 1 aliphatic heterocycles. The van der Waals surface area contributed by atoms with Crippen LogP contribution in [0.1, 0.15) is 6.92 Å². The van der Waals surface area contributed by atoms with E-state index in [1.54, 1.807) is 6.08 Å². The number of allylic oxidation sites excluding steroid dienone is 2. The van der Waals surface area contributed by atoms with Crippen LogP contribution in [0.25, 0.3) is 0 Å².